The molecule has 0 aliphatic carbocycles. The van der Waals surface area contributed by atoms with Crippen molar-refractivity contribution in [3.05, 3.63) is 0 Å². The fourth-order valence-electron chi connectivity index (χ4n) is 1.74. The van der Waals surface area contributed by atoms with Crippen LogP contribution in [0.4, 0.5) is 0 Å². The minimum atomic E-state index is -0.684. The molecule has 0 radical (unpaired) electrons. The molecular weight excluding hydrogens is 222 g/mol. The molecule has 0 saturated heterocycles. The van der Waals surface area contributed by atoms with Gasteiger partial charge in [0, 0.05) is 0 Å². The van der Waals surface area contributed by atoms with E-state index in [1.54, 1.807) is 0 Å². The summed E-state index contributed by atoms with van der Waals surface area (Å²) >= 11 is 5.51. The predicted octanol–water partition coefficient (Wildman–Crippen LogP) is -1.62. The number of quaternary nitrogens is 1. The van der Waals surface area contributed by atoms with Crippen molar-refractivity contribution in [2.24, 2.45) is 0 Å². The van der Waals surface area contributed by atoms with Crippen LogP contribution < -0.4 is 0 Å². The lowest BCUT2D eigenvalue weighted by Gasteiger charge is -2.38. The van der Waals surface area contributed by atoms with Crippen LogP contribution in [0.15, 0.2) is 0 Å². The molecule has 0 aliphatic heterocycles. The Labute approximate surface area is 95.1 Å². The van der Waals surface area contributed by atoms with Gasteiger partial charge in [0.05, 0.1) is 25.7 Å². The van der Waals surface area contributed by atoms with Crippen LogP contribution in [0.1, 0.15) is 0 Å². The molecular formula is C9H21ClNO4+. The van der Waals surface area contributed by atoms with Crippen LogP contribution >= 0.6 is 11.6 Å². The van der Waals surface area contributed by atoms with Gasteiger partial charge in [-0.2, -0.15) is 0 Å². The lowest BCUT2D eigenvalue weighted by Crippen LogP contribution is -2.57. The fourth-order valence-corrected chi connectivity index (χ4v) is 1.84. The molecule has 0 amide bonds. The van der Waals surface area contributed by atoms with Gasteiger partial charge in [0.15, 0.2) is 0 Å². The maximum atomic E-state index is 9.48. The summed E-state index contributed by atoms with van der Waals surface area (Å²) < 4.78 is 0.289. The summed E-state index contributed by atoms with van der Waals surface area (Å²) in [7, 11) is 0. The molecule has 0 saturated carbocycles. The zero-order valence-electron chi connectivity index (χ0n) is 8.85. The second kappa shape index (κ2) is 8.27. The van der Waals surface area contributed by atoms with Gasteiger partial charge >= 0.3 is 0 Å². The average molecular weight is 243 g/mol. The highest BCUT2D eigenvalue weighted by Crippen LogP contribution is 2.08. The lowest BCUT2D eigenvalue weighted by atomic mass is 10.2. The standard InChI is InChI=1S/C9H21ClNO4/c10-7-9(15)8-11(1-4-12,2-5-13)3-6-14/h9,12-15H,1-8H2/q+1. The molecule has 5 nitrogen and oxygen atoms in total. The van der Waals surface area contributed by atoms with Crippen molar-refractivity contribution in [2.45, 2.75) is 6.10 Å². The van der Waals surface area contributed by atoms with Crippen molar-refractivity contribution < 1.29 is 24.9 Å². The summed E-state index contributed by atoms with van der Waals surface area (Å²) in [5, 5.41) is 36.3. The molecule has 0 fully saturated rings. The first-order valence-electron chi connectivity index (χ1n) is 5.06. The van der Waals surface area contributed by atoms with Gasteiger partial charge in [-0.05, 0) is 0 Å². The highest BCUT2D eigenvalue weighted by Gasteiger charge is 2.28. The molecule has 0 bridgehead atoms. The topological polar surface area (TPSA) is 80.9 Å². The second-order valence-electron chi connectivity index (χ2n) is 3.67. The Balaban J connectivity index is 4.44. The quantitative estimate of drug-likeness (QED) is 0.289. The van der Waals surface area contributed by atoms with E-state index in [0.29, 0.717) is 26.2 Å². The number of rotatable bonds is 9. The van der Waals surface area contributed by atoms with Crippen LogP contribution in [0, 0.1) is 0 Å². The van der Waals surface area contributed by atoms with E-state index < -0.39 is 6.10 Å². The highest BCUT2D eigenvalue weighted by atomic mass is 35.5. The molecule has 1 atom stereocenters. The van der Waals surface area contributed by atoms with E-state index in [1.807, 2.05) is 0 Å². The normalized spacial score (nSPS) is 14.2. The van der Waals surface area contributed by atoms with Crippen molar-refractivity contribution in [3.63, 3.8) is 0 Å². The third-order valence-corrected chi connectivity index (χ3v) is 2.86. The molecule has 0 heterocycles. The van der Waals surface area contributed by atoms with Crippen molar-refractivity contribution in [1.82, 2.24) is 0 Å². The Morgan fingerprint density at radius 1 is 0.933 bits per heavy atom. The molecule has 0 rings (SSSR count). The van der Waals surface area contributed by atoms with E-state index in [0.717, 1.165) is 0 Å². The van der Waals surface area contributed by atoms with Crippen LogP contribution in [-0.2, 0) is 0 Å². The summed E-state index contributed by atoms with van der Waals surface area (Å²) in [5.74, 6) is 0.113. The molecule has 15 heavy (non-hydrogen) atoms. The maximum absolute atomic E-state index is 9.48. The Kier molecular flexibility index (Phi) is 8.32. The summed E-state index contributed by atoms with van der Waals surface area (Å²) in [6.07, 6.45) is -0.684. The third kappa shape index (κ3) is 5.65. The van der Waals surface area contributed by atoms with Crippen molar-refractivity contribution in [1.29, 1.82) is 0 Å². The van der Waals surface area contributed by atoms with E-state index in [9.17, 15) is 5.11 Å². The summed E-state index contributed by atoms with van der Waals surface area (Å²) in [6, 6.07) is 0. The summed E-state index contributed by atoms with van der Waals surface area (Å²) in [4.78, 5) is 0. The number of nitrogens with zero attached hydrogens (tertiary/aromatic N) is 1. The molecule has 6 heteroatoms. The number of hydrogen-bond acceptors (Lipinski definition) is 4. The minimum absolute atomic E-state index is 0.0466. The second-order valence-corrected chi connectivity index (χ2v) is 3.98. The largest absolute Gasteiger partial charge is 0.391 e. The van der Waals surface area contributed by atoms with Crippen molar-refractivity contribution in [2.75, 3.05) is 51.9 Å². The summed E-state index contributed by atoms with van der Waals surface area (Å²) in [6.45, 7) is 1.39. The van der Waals surface area contributed by atoms with Gasteiger partial charge in [-0.1, -0.05) is 0 Å². The number of aliphatic hydroxyl groups excluding tert-OH is 4. The van der Waals surface area contributed by atoms with E-state index in [-0.39, 0.29) is 30.2 Å². The molecule has 92 valence electrons. The van der Waals surface area contributed by atoms with Crippen LogP contribution in [0.5, 0.6) is 0 Å². The van der Waals surface area contributed by atoms with Gasteiger partial charge in [0.25, 0.3) is 0 Å². The molecule has 0 aromatic heterocycles. The third-order valence-electron chi connectivity index (χ3n) is 2.50. The molecule has 0 spiro atoms. The van der Waals surface area contributed by atoms with E-state index in [4.69, 9.17) is 26.9 Å². The van der Waals surface area contributed by atoms with Gasteiger partial charge in [-0.25, -0.2) is 0 Å². The van der Waals surface area contributed by atoms with Crippen molar-refractivity contribution >= 4 is 11.6 Å². The average Bonchev–Trinajstić information content (AvgIpc) is 2.18. The monoisotopic (exact) mass is 242 g/mol. The summed E-state index contributed by atoms with van der Waals surface area (Å²) in [5.41, 5.74) is 0. The molecule has 0 aromatic carbocycles. The first-order chi connectivity index (χ1) is 7.14. The minimum Gasteiger partial charge on any atom is -0.391 e. The van der Waals surface area contributed by atoms with Gasteiger partial charge in [-0.15, -0.1) is 11.6 Å². The van der Waals surface area contributed by atoms with Crippen LogP contribution in [-0.4, -0.2) is 82.9 Å². The Hall–Kier alpha value is 0.0900. The van der Waals surface area contributed by atoms with Gasteiger partial charge < -0.3 is 24.9 Å². The Morgan fingerprint density at radius 3 is 1.60 bits per heavy atom. The van der Waals surface area contributed by atoms with Gasteiger partial charge in [0.2, 0.25) is 0 Å². The first-order valence-corrected chi connectivity index (χ1v) is 5.59. The van der Waals surface area contributed by atoms with Gasteiger partial charge in [0.1, 0.15) is 32.3 Å². The number of hydrogen-bond donors (Lipinski definition) is 4. The number of aliphatic hydroxyl groups is 4. The van der Waals surface area contributed by atoms with E-state index in [2.05, 4.69) is 0 Å². The molecule has 4 N–H and O–H groups in total. The zero-order valence-corrected chi connectivity index (χ0v) is 9.60. The SMILES string of the molecule is OCC[N+](CCO)(CCO)CC(O)CCl. The molecule has 1 unspecified atom stereocenters. The number of alkyl halides is 1. The van der Waals surface area contributed by atoms with E-state index in [1.165, 1.54) is 0 Å². The number of halogens is 1. The fraction of sp³-hybridized carbons (Fsp3) is 1.00. The van der Waals surface area contributed by atoms with Gasteiger partial charge in [-0.3, -0.25) is 0 Å². The maximum Gasteiger partial charge on any atom is 0.116 e. The van der Waals surface area contributed by atoms with Crippen molar-refractivity contribution in [3.8, 4) is 0 Å². The zero-order chi connectivity index (χ0) is 11.7. The lowest BCUT2D eigenvalue weighted by molar-refractivity contribution is -0.931. The molecule has 0 aromatic rings. The highest BCUT2D eigenvalue weighted by molar-refractivity contribution is 6.18. The Morgan fingerprint density at radius 2 is 1.33 bits per heavy atom. The van der Waals surface area contributed by atoms with Crippen LogP contribution in [0.25, 0.3) is 0 Å². The molecule has 0 aliphatic rings. The van der Waals surface area contributed by atoms with Crippen LogP contribution in [0.2, 0.25) is 0 Å². The smallest absolute Gasteiger partial charge is 0.116 e. The predicted molar refractivity (Wildman–Crippen MR) is 57.7 cm³/mol. The van der Waals surface area contributed by atoms with Crippen LogP contribution in [0.3, 0.4) is 0 Å². The van der Waals surface area contributed by atoms with E-state index >= 15 is 0 Å². The first kappa shape index (κ1) is 15.1. The Bertz CT molecular complexity index is 142.